The molecule has 1 saturated carbocycles. The summed E-state index contributed by atoms with van der Waals surface area (Å²) in [7, 11) is 1.93. The molecular weight excluding hydrogens is 359 g/mol. The van der Waals surface area contributed by atoms with Gasteiger partial charge in [0.2, 0.25) is 0 Å². The van der Waals surface area contributed by atoms with E-state index in [1.165, 1.54) is 25.9 Å². The van der Waals surface area contributed by atoms with Gasteiger partial charge in [-0.1, -0.05) is 0 Å². The maximum absolute atomic E-state index is 4.36. The van der Waals surface area contributed by atoms with Crippen LogP contribution in [0.15, 0.2) is 18.3 Å². The fourth-order valence-electron chi connectivity index (χ4n) is 4.18. The topological polar surface area (TPSA) is 67.7 Å². The van der Waals surface area contributed by atoms with Crippen LogP contribution in [0.4, 0.5) is 5.82 Å². The smallest absolute Gasteiger partial charge is 0.148 e. The van der Waals surface area contributed by atoms with Gasteiger partial charge in [-0.25, -0.2) is 0 Å². The van der Waals surface area contributed by atoms with Crippen LogP contribution in [0.2, 0.25) is 0 Å². The van der Waals surface area contributed by atoms with Gasteiger partial charge in [-0.05, 0) is 68.3 Å². The van der Waals surface area contributed by atoms with Gasteiger partial charge in [0.25, 0.3) is 0 Å². The van der Waals surface area contributed by atoms with Crippen LogP contribution in [0.3, 0.4) is 0 Å². The van der Waals surface area contributed by atoms with E-state index < -0.39 is 0 Å². The summed E-state index contributed by atoms with van der Waals surface area (Å²) in [5, 5.41) is 19.9. The fraction of sp³-hybridized carbons (Fsp3) is 0.588. The van der Waals surface area contributed by atoms with Crippen molar-refractivity contribution in [3.8, 4) is 11.4 Å². The highest BCUT2D eigenvalue weighted by molar-refractivity contribution is 5.85. The van der Waals surface area contributed by atoms with Crippen LogP contribution in [-0.2, 0) is 7.05 Å². The van der Waals surface area contributed by atoms with Gasteiger partial charge in [-0.2, -0.15) is 5.10 Å². The zero-order chi connectivity index (χ0) is 15.8. The van der Waals surface area contributed by atoms with Gasteiger partial charge in [0.15, 0.2) is 0 Å². The van der Waals surface area contributed by atoms with Crippen molar-refractivity contribution in [3.05, 3.63) is 23.9 Å². The molecule has 0 bridgehead atoms. The number of halogens is 2. The van der Waals surface area contributed by atoms with E-state index in [-0.39, 0.29) is 24.8 Å². The summed E-state index contributed by atoms with van der Waals surface area (Å²) in [5.74, 6) is 3.42. The van der Waals surface area contributed by atoms with Gasteiger partial charge in [0, 0.05) is 13.6 Å². The third-order valence-electron chi connectivity index (χ3n) is 5.35. The van der Waals surface area contributed by atoms with E-state index in [1.54, 1.807) is 0 Å². The first-order chi connectivity index (χ1) is 11.2. The molecule has 2 aromatic rings. The van der Waals surface area contributed by atoms with Gasteiger partial charge in [0.05, 0.1) is 11.9 Å². The highest BCUT2D eigenvalue weighted by Crippen LogP contribution is 2.38. The molecule has 138 valence electrons. The molecule has 0 amide bonds. The summed E-state index contributed by atoms with van der Waals surface area (Å²) >= 11 is 0. The normalized spacial score (nSPS) is 24.3. The van der Waals surface area contributed by atoms with Crippen molar-refractivity contribution < 1.29 is 0 Å². The van der Waals surface area contributed by atoms with E-state index >= 15 is 0 Å². The Morgan fingerprint density at radius 2 is 1.88 bits per heavy atom. The molecule has 2 fully saturated rings. The van der Waals surface area contributed by atoms with Crippen LogP contribution in [0.5, 0.6) is 0 Å². The average Bonchev–Trinajstić information content (AvgIpc) is 3.21. The highest BCUT2D eigenvalue weighted by atomic mass is 35.5. The van der Waals surface area contributed by atoms with Gasteiger partial charge in [-0.3, -0.25) is 4.68 Å². The standard InChI is InChI=1S/C17H24N6.2ClH/c1-11-7-20-23(2)17(11)15-3-4-16(22-21-15)19-8-12-5-13-9-18-10-14(13)6-12;;/h3-4,7,12-14,18H,5-6,8-10H2,1-2H3,(H,19,22);2*1H/t12-,13-,14+;;. The van der Waals surface area contributed by atoms with Crippen LogP contribution >= 0.6 is 24.8 Å². The van der Waals surface area contributed by atoms with Gasteiger partial charge < -0.3 is 10.6 Å². The van der Waals surface area contributed by atoms with E-state index in [1.807, 2.05) is 37.0 Å². The van der Waals surface area contributed by atoms with Gasteiger partial charge >= 0.3 is 0 Å². The molecule has 2 aliphatic rings. The lowest BCUT2D eigenvalue weighted by molar-refractivity contribution is 0.494. The molecule has 25 heavy (non-hydrogen) atoms. The molecule has 8 heteroatoms. The van der Waals surface area contributed by atoms with Crippen molar-refractivity contribution in [1.29, 1.82) is 0 Å². The Morgan fingerprint density at radius 3 is 2.44 bits per heavy atom. The molecule has 0 spiro atoms. The lowest BCUT2D eigenvalue weighted by Crippen LogP contribution is -2.17. The number of hydrogen-bond acceptors (Lipinski definition) is 5. The monoisotopic (exact) mass is 384 g/mol. The lowest BCUT2D eigenvalue weighted by atomic mass is 10.0. The SMILES string of the molecule is Cc1cnn(C)c1-c1ccc(NC[C@H]2C[C@H]3CNC[C@H]3C2)nn1.Cl.Cl. The maximum atomic E-state index is 4.36. The van der Waals surface area contributed by atoms with Crippen molar-refractivity contribution in [2.45, 2.75) is 19.8 Å². The van der Waals surface area contributed by atoms with E-state index in [9.17, 15) is 0 Å². The maximum Gasteiger partial charge on any atom is 0.148 e. The van der Waals surface area contributed by atoms with Crippen molar-refractivity contribution in [1.82, 2.24) is 25.3 Å². The van der Waals surface area contributed by atoms with Gasteiger partial charge in [-0.15, -0.1) is 35.0 Å². The van der Waals surface area contributed by atoms with Crippen LogP contribution in [0, 0.1) is 24.7 Å². The quantitative estimate of drug-likeness (QED) is 0.847. The summed E-state index contributed by atoms with van der Waals surface area (Å²) in [4.78, 5) is 0. The molecule has 3 atom stereocenters. The Balaban J connectivity index is 0.00000113. The first-order valence-electron chi connectivity index (χ1n) is 8.48. The summed E-state index contributed by atoms with van der Waals surface area (Å²) in [6, 6.07) is 4.04. The number of anilines is 1. The third-order valence-corrected chi connectivity index (χ3v) is 5.35. The molecule has 4 rings (SSSR count). The van der Waals surface area contributed by atoms with Crippen molar-refractivity contribution in [2.75, 3.05) is 25.0 Å². The predicted octanol–water partition coefficient (Wildman–Crippen LogP) is 2.69. The van der Waals surface area contributed by atoms with Crippen molar-refractivity contribution >= 4 is 30.6 Å². The van der Waals surface area contributed by atoms with Gasteiger partial charge in [0.1, 0.15) is 11.5 Å². The number of fused-ring (bicyclic) bond motifs is 1. The second kappa shape index (κ2) is 8.34. The highest BCUT2D eigenvalue weighted by Gasteiger charge is 2.36. The molecular formula is C17H26Cl2N6. The zero-order valence-corrected chi connectivity index (χ0v) is 16.2. The summed E-state index contributed by atoms with van der Waals surface area (Å²) in [5.41, 5.74) is 3.02. The molecule has 2 N–H and O–H groups in total. The van der Waals surface area contributed by atoms with E-state index in [4.69, 9.17) is 0 Å². The zero-order valence-electron chi connectivity index (χ0n) is 14.6. The first kappa shape index (κ1) is 19.9. The molecule has 0 aromatic carbocycles. The average molecular weight is 385 g/mol. The largest absolute Gasteiger partial charge is 0.368 e. The van der Waals surface area contributed by atoms with Crippen molar-refractivity contribution in [2.24, 2.45) is 24.8 Å². The Bertz CT molecular complexity index is 655. The van der Waals surface area contributed by atoms with Crippen LogP contribution in [0.1, 0.15) is 18.4 Å². The van der Waals surface area contributed by atoms with E-state index in [0.29, 0.717) is 0 Å². The molecule has 1 aliphatic carbocycles. The van der Waals surface area contributed by atoms with Crippen LogP contribution < -0.4 is 10.6 Å². The minimum atomic E-state index is 0. The molecule has 3 heterocycles. The summed E-state index contributed by atoms with van der Waals surface area (Å²) in [6.45, 7) is 5.47. The third kappa shape index (κ3) is 4.07. The Hall–Kier alpha value is -1.37. The Labute approximate surface area is 161 Å². The molecule has 0 unspecified atom stereocenters. The number of nitrogens with zero attached hydrogens (tertiary/aromatic N) is 4. The number of hydrogen-bond donors (Lipinski definition) is 2. The van der Waals surface area contributed by atoms with Crippen molar-refractivity contribution in [3.63, 3.8) is 0 Å². The van der Waals surface area contributed by atoms with Crippen LogP contribution in [0.25, 0.3) is 11.4 Å². The second-order valence-electron chi connectivity index (χ2n) is 7.00. The number of aromatic nitrogens is 4. The summed E-state index contributed by atoms with van der Waals surface area (Å²) in [6.07, 6.45) is 4.53. The molecule has 6 nitrogen and oxygen atoms in total. The Kier molecular flexibility index (Phi) is 6.65. The summed E-state index contributed by atoms with van der Waals surface area (Å²) < 4.78 is 1.85. The minimum Gasteiger partial charge on any atom is -0.368 e. The molecule has 1 aliphatic heterocycles. The molecule has 2 aromatic heterocycles. The Morgan fingerprint density at radius 1 is 1.16 bits per heavy atom. The second-order valence-corrected chi connectivity index (χ2v) is 7.00. The molecule has 1 saturated heterocycles. The number of rotatable bonds is 4. The van der Waals surface area contributed by atoms with E-state index in [0.717, 1.165) is 47.1 Å². The number of nitrogens with one attached hydrogen (secondary N) is 2. The number of aryl methyl sites for hydroxylation is 2. The minimum absolute atomic E-state index is 0. The molecule has 0 radical (unpaired) electrons. The fourth-order valence-corrected chi connectivity index (χ4v) is 4.18. The van der Waals surface area contributed by atoms with Crippen LogP contribution in [-0.4, -0.2) is 39.6 Å². The first-order valence-corrected chi connectivity index (χ1v) is 8.48. The lowest BCUT2D eigenvalue weighted by Gasteiger charge is -2.13. The van der Waals surface area contributed by atoms with E-state index in [2.05, 4.69) is 25.9 Å². The predicted molar refractivity (Wildman–Crippen MR) is 105 cm³/mol.